The zero-order chi connectivity index (χ0) is 17.2. The predicted octanol–water partition coefficient (Wildman–Crippen LogP) is 6.01. The highest BCUT2D eigenvalue weighted by molar-refractivity contribution is 5.67. The fraction of sp³-hybridized carbons (Fsp3) is 0.591. The lowest BCUT2D eigenvalue weighted by molar-refractivity contribution is 0.00138. The van der Waals surface area contributed by atoms with Gasteiger partial charge in [-0.25, -0.2) is 0 Å². The average molecular weight is 339 g/mol. The van der Waals surface area contributed by atoms with Crippen LogP contribution in [0.4, 0.5) is 0 Å². The number of rotatable bonds is 6. The quantitative estimate of drug-likeness (QED) is 0.646. The van der Waals surface area contributed by atoms with Crippen LogP contribution in [0.5, 0.6) is 0 Å². The molecule has 2 atom stereocenters. The Morgan fingerprint density at radius 1 is 1.16 bits per heavy atom. The minimum Gasteiger partial charge on any atom is -0.373 e. The zero-order valence-electron chi connectivity index (χ0n) is 15.5. The van der Waals surface area contributed by atoms with Crippen molar-refractivity contribution >= 4 is 0 Å². The molecule has 0 aliphatic heterocycles. The van der Waals surface area contributed by atoms with E-state index in [9.17, 15) is 0 Å². The van der Waals surface area contributed by atoms with E-state index in [-0.39, 0.29) is 0 Å². The smallest absolute Gasteiger partial charge is 0.145 e. The van der Waals surface area contributed by atoms with Gasteiger partial charge in [0.1, 0.15) is 11.5 Å². The average Bonchev–Trinajstić information content (AvgIpc) is 3.40. The number of hydrogen-bond donors (Lipinski definition) is 0. The van der Waals surface area contributed by atoms with Gasteiger partial charge in [0.15, 0.2) is 0 Å². The maximum absolute atomic E-state index is 6.38. The molecule has 2 aromatic rings. The van der Waals surface area contributed by atoms with Gasteiger partial charge in [-0.3, -0.25) is 0 Å². The highest BCUT2D eigenvalue weighted by Gasteiger charge is 2.33. The van der Waals surface area contributed by atoms with Gasteiger partial charge in [-0.1, -0.05) is 55.6 Å². The van der Waals surface area contributed by atoms with Crippen molar-refractivity contribution in [2.24, 2.45) is 5.92 Å². The van der Waals surface area contributed by atoms with Gasteiger partial charge < -0.3 is 9.26 Å². The van der Waals surface area contributed by atoms with Crippen LogP contribution in [0, 0.1) is 12.8 Å². The van der Waals surface area contributed by atoms with Crippen molar-refractivity contribution in [3.8, 4) is 11.3 Å². The van der Waals surface area contributed by atoms with Crippen molar-refractivity contribution in [2.75, 3.05) is 0 Å². The molecule has 0 unspecified atom stereocenters. The maximum Gasteiger partial charge on any atom is 0.145 e. The minimum absolute atomic E-state index is 0.394. The Hall–Kier alpha value is -1.61. The number of aromatic nitrogens is 1. The van der Waals surface area contributed by atoms with Crippen molar-refractivity contribution in [1.82, 2.24) is 5.16 Å². The van der Waals surface area contributed by atoms with E-state index < -0.39 is 0 Å². The van der Waals surface area contributed by atoms with Gasteiger partial charge in [-0.05, 0) is 44.1 Å². The molecule has 1 aromatic carbocycles. The van der Waals surface area contributed by atoms with Gasteiger partial charge in [0, 0.05) is 17.0 Å². The summed E-state index contributed by atoms with van der Waals surface area (Å²) in [5.74, 6) is 2.46. The molecule has 3 heteroatoms. The Bertz CT molecular complexity index is 717. The molecule has 2 aliphatic rings. The lowest BCUT2D eigenvalue weighted by Gasteiger charge is -2.28. The van der Waals surface area contributed by atoms with Crippen LogP contribution in [0.2, 0.25) is 0 Å². The van der Waals surface area contributed by atoms with E-state index in [1.54, 1.807) is 0 Å². The van der Waals surface area contributed by atoms with Gasteiger partial charge >= 0.3 is 0 Å². The van der Waals surface area contributed by atoms with Crippen LogP contribution >= 0.6 is 0 Å². The molecule has 1 heterocycles. The van der Waals surface area contributed by atoms with Crippen LogP contribution < -0.4 is 0 Å². The van der Waals surface area contributed by atoms with E-state index >= 15 is 0 Å². The van der Waals surface area contributed by atoms with Crippen molar-refractivity contribution in [2.45, 2.75) is 77.4 Å². The molecule has 0 amide bonds. The van der Waals surface area contributed by atoms with Crippen LogP contribution in [0.1, 0.15) is 74.7 Å². The van der Waals surface area contributed by atoms with Crippen LogP contribution in [-0.2, 0) is 11.3 Å². The van der Waals surface area contributed by atoms with Crippen LogP contribution in [0.3, 0.4) is 0 Å². The number of benzene rings is 1. The van der Waals surface area contributed by atoms with E-state index in [1.807, 2.05) is 0 Å². The first-order valence-electron chi connectivity index (χ1n) is 9.92. The summed E-state index contributed by atoms with van der Waals surface area (Å²) >= 11 is 0. The molecule has 0 radical (unpaired) electrons. The number of aryl methyl sites for hydroxylation is 1. The first-order chi connectivity index (χ1) is 12.3. The molecule has 2 aliphatic carbocycles. The molecule has 0 bridgehead atoms. The highest BCUT2D eigenvalue weighted by atomic mass is 16.5. The van der Waals surface area contributed by atoms with Crippen LogP contribution in [0.15, 0.2) is 28.8 Å². The molecule has 25 heavy (non-hydrogen) atoms. The lowest BCUT2D eigenvalue weighted by Crippen LogP contribution is -2.22. The Balaban J connectivity index is 1.55. The van der Waals surface area contributed by atoms with Crippen LogP contribution in [-0.4, -0.2) is 11.3 Å². The summed E-state index contributed by atoms with van der Waals surface area (Å²) in [5.41, 5.74) is 4.59. The summed E-state index contributed by atoms with van der Waals surface area (Å²) in [6.07, 6.45) is 9.17. The second-order valence-corrected chi connectivity index (χ2v) is 7.84. The standard InChI is InChI=1S/C22H29NO2/c1-3-16-8-6-9-18(13-16)24-14-20-21(19-10-5-4-7-15(19)2)23-25-22(20)17-11-12-17/h4-5,7,10,16-18H,3,6,8-9,11-14H2,1-2H3/t16-,18-/m1/s1. The topological polar surface area (TPSA) is 35.3 Å². The molecule has 1 aromatic heterocycles. The summed E-state index contributed by atoms with van der Waals surface area (Å²) in [6.45, 7) is 5.08. The summed E-state index contributed by atoms with van der Waals surface area (Å²) in [4.78, 5) is 0. The SMILES string of the molecule is CC[C@@H]1CCC[C@@H](OCc2c(-c3ccccc3C)noc2C2CC2)C1. The third kappa shape index (κ3) is 3.67. The first-order valence-corrected chi connectivity index (χ1v) is 9.92. The highest BCUT2D eigenvalue weighted by Crippen LogP contribution is 2.44. The lowest BCUT2D eigenvalue weighted by atomic mass is 9.85. The summed E-state index contributed by atoms with van der Waals surface area (Å²) in [5, 5.41) is 4.45. The van der Waals surface area contributed by atoms with Crippen molar-refractivity contribution in [1.29, 1.82) is 0 Å². The van der Waals surface area contributed by atoms with Gasteiger partial charge in [0.25, 0.3) is 0 Å². The molecule has 134 valence electrons. The normalized spacial score (nSPS) is 23.8. The molecular formula is C22H29NO2. The number of hydrogen-bond acceptors (Lipinski definition) is 3. The fourth-order valence-electron chi connectivity index (χ4n) is 4.14. The Morgan fingerprint density at radius 2 is 2.00 bits per heavy atom. The molecule has 0 saturated heterocycles. The molecule has 0 spiro atoms. The molecule has 2 saturated carbocycles. The van der Waals surface area contributed by atoms with Crippen molar-refractivity contribution in [3.05, 3.63) is 41.2 Å². The Kier molecular flexibility index (Phi) is 4.93. The monoisotopic (exact) mass is 339 g/mol. The van der Waals surface area contributed by atoms with Gasteiger partial charge in [0.05, 0.1) is 12.7 Å². The fourth-order valence-corrected chi connectivity index (χ4v) is 4.14. The van der Waals surface area contributed by atoms with Crippen molar-refractivity contribution < 1.29 is 9.26 Å². The summed E-state index contributed by atoms with van der Waals surface area (Å²) < 4.78 is 12.2. The number of nitrogens with zero attached hydrogens (tertiary/aromatic N) is 1. The summed E-state index contributed by atoms with van der Waals surface area (Å²) in [6, 6.07) is 8.43. The van der Waals surface area contributed by atoms with E-state index in [1.165, 1.54) is 61.6 Å². The molecular weight excluding hydrogens is 310 g/mol. The van der Waals surface area contributed by atoms with Crippen LogP contribution in [0.25, 0.3) is 11.3 Å². The third-order valence-corrected chi connectivity index (χ3v) is 5.94. The second kappa shape index (κ2) is 7.33. The van der Waals surface area contributed by atoms with Gasteiger partial charge in [-0.15, -0.1) is 0 Å². The minimum atomic E-state index is 0.394. The van der Waals surface area contributed by atoms with E-state index in [0.29, 0.717) is 18.6 Å². The third-order valence-electron chi connectivity index (χ3n) is 5.94. The molecule has 2 fully saturated rings. The molecule has 3 nitrogen and oxygen atoms in total. The second-order valence-electron chi connectivity index (χ2n) is 7.84. The first kappa shape index (κ1) is 16.8. The van der Waals surface area contributed by atoms with E-state index in [2.05, 4.69) is 43.3 Å². The van der Waals surface area contributed by atoms with E-state index in [0.717, 1.165) is 17.4 Å². The Morgan fingerprint density at radius 3 is 2.76 bits per heavy atom. The number of ether oxygens (including phenoxy) is 1. The maximum atomic E-state index is 6.38. The Labute approximate surface area is 150 Å². The van der Waals surface area contributed by atoms with E-state index in [4.69, 9.17) is 9.26 Å². The molecule has 4 rings (SSSR count). The largest absolute Gasteiger partial charge is 0.373 e. The van der Waals surface area contributed by atoms with Gasteiger partial charge in [0.2, 0.25) is 0 Å². The summed E-state index contributed by atoms with van der Waals surface area (Å²) in [7, 11) is 0. The van der Waals surface area contributed by atoms with Crippen molar-refractivity contribution in [3.63, 3.8) is 0 Å². The zero-order valence-corrected chi connectivity index (χ0v) is 15.5. The molecule has 0 N–H and O–H groups in total. The van der Waals surface area contributed by atoms with Gasteiger partial charge in [-0.2, -0.15) is 0 Å². The predicted molar refractivity (Wildman–Crippen MR) is 99.5 cm³/mol.